The number of ether oxygens (including phenoxy) is 1. The van der Waals surface area contributed by atoms with Crippen LogP contribution in [-0.2, 0) is 9.53 Å². The molecule has 2 rings (SSSR count). The lowest BCUT2D eigenvalue weighted by Gasteiger charge is -2.47. The number of thioether (sulfide) groups is 1. The summed E-state index contributed by atoms with van der Waals surface area (Å²) in [7, 11) is 1.72. The fourth-order valence-corrected chi connectivity index (χ4v) is 4.23. The van der Waals surface area contributed by atoms with E-state index in [-0.39, 0.29) is 5.91 Å². The first kappa shape index (κ1) is 13.9. The number of nitrogens with zero attached hydrogens (tertiary/aromatic N) is 1. The van der Waals surface area contributed by atoms with Crippen molar-refractivity contribution in [3.63, 3.8) is 0 Å². The van der Waals surface area contributed by atoms with Crippen LogP contribution in [0.1, 0.15) is 13.3 Å². The van der Waals surface area contributed by atoms with Crippen LogP contribution in [0, 0.1) is 0 Å². The molecule has 0 saturated carbocycles. The molecule has 1 amide bonds. The molecule has 2 fully saturated rings. The lowest BCUT2D eigenvalue weighted by atomic mass is 9.91. The molecule has 0 radical (unpaired) electrons. The van der Waals surface area contributed by atoms with Crippen molar-refractivity contribution >= 4 is 17.7 Å². The molecule has 0 aromatic heterocycles. The first-order chi connectivity index (χ1) is 8.56. The van der Waals surface area contributed by atoms with Gasteiger partial charge in [0.25, 0.3) is 0 Å². The Morgan fingerprint density at radius 1 is 1.61 bits per heavy atom. The molecule has 0 bridgehead atoms. The van der Waals surface area contributed by atoms with E-state index in [0.717, 1.165) is 38.4 Å². The summed E-state index contributed by atoms with van der Waals surface area (Å²) in [6.45, 7) is 8.92. The molecule has 1 N–H and O–H groups in total. The van der Waals surface area contributed by atoms with Gasteiger partial charge < -0.3 is 15.0 Å². The zero-order valence-corrected chi connectivity index (χ0v) is 12.0. The second-order valence-corrected chi connectivity index (χ2v) is 6.77. The normalized spacial score (nSPS) is 25.2. The number of carbonyl (C=O) groups excluding carboxylic acids is 1. The van der Waals surface area contributed by atoms with Crippen LogP contribution in [0.5, 0.6) is 0 Å². The Labute approximate surface area is 113 Å². The molecule has 2 aliphatic rings. The zero-order chi connectivity index (χ0) is 13.2. The standard InChI is InChI=1S/C13H22N2O2S/c1-10(2)12(16)15-8-13(9-15)6-11(7-18-13)14-4-5-17-3/h11,14H,1,4-9H2,2-3H3. The number of carbonyl (C=O) groups is 1. The monoisotopic (exact) mass is 270 g/mol. The Bertz CT molecular complexity index is 340. The summed E-state index contributed by atoms with van der Waals surface area (Å²) < 4.78 is 5.34. The Hall–Kier alpha value is -0.520. The van der Waals surface area contributed by atoms with Gasteiger partial charge in [-0.15, -0.1) is 11.8 Å². The van der Waals surface area contributed by atoms with E-state index in [0.29, 0.717) is 16.4 Å². The van der Waals surface area contributed by atoms with Crippen LogP contribution in [0.2, 0.25) is 0 Å². The number of nitrogens with one attached hydrogen (secondary N) is 1. The Kier molecular flexibility index (Phi) is 4.35. The van der Waals surface area contributed by atoms with E-state index in [1.165, 1.54) is 0 Å². The molecule has 2 saturated heterocycles. The number of hydrogen-bond donors (Lipinski definition) is 1. The first-order valence-electron chi connectivity index (χ1n) is 6.37. The maximum Gasteiger partial charge on any atom is 0.248 e. The smallest absolute Gasteiger partial charge is 0.248 e. The van der Waals surface area contributed by atoms with Crippen molar-refractivity contribution in [3.8, 4) is 0 Å². The summed E-state index contributed by atoms with van der Waals surface area (Å²) in [6, 6.07) is 0.562. The summed E-state index contributed by atoms with van der Waals surface area (Å²) in [4.78, 5) is 13.7. The summed E-state index contributed by atoms with van der Waals surface area (Å²) in [5.41, 5.74) is 0.641. The van der Waals surface area contributed by atoms with Crippen molar-refractivity contribution in [2.24, 2.45) is 0 Å². The fourth-order valence-electron chi connectivity index (χ4n) is 2.62. The fraction of sp³-hybridized carbons (Fsp3) is 0.769. The molecule has 1 spiro atoms. The van der Waals surface area contributed by atoms with Crippen LogP contribution in [0.3, 0.4) is 0 Å². The zero-order valence-electron chi connectivity index (χ0n) is 11.2. The summed E-state index contributed by atoms with van der Waals surface area (Å²) in [5.74, 6) is 1.25. The van der Waals surface area contributed by atoms with E-state index in [1.807, 2.05) is 16.7 Å². The third kappa shape index (κ3) is 2.90. The minimum atomic E-state index is 0.108. The molecule has 0 aromatic carbocycles. The Balaban J connectivity index is 1.74. The number of likely N-dealkylation sites (tertiary alicyclic amines) is 1. The third-order valence-electron chi connectivity index (χ3n) is 3.56. The van der Waals surface area contributed by atoms with Gasteiger partial charge in [0.2, 0.25) is 5.91 Å². The highest BCUT2D eigenvalue weighted by Crippen LogP contribution is 2.45. The van der Waals surface area contributed by atoms with E-state index in [2.05, 4.69) is 11.9 Å². The van der Waals surface area contributed by atoms with E-state index >= 15 is 0 Å². The highest BCUT2D eigenvalue weighted by molar-refractivity contribution is 8.01. The second kappa shape index (κ2) is 5.63. The largest absolute Gasteiger partial charge is 0.383 e. The van der Waals surface area contributed by atoms with Gasteiger partial charge >= 0.3 is 0 Å². The van der Waals surface area contributed by atoms with E-state index in [4.69, 9.17) is 4.74 Å². The third-order valence-corrected chi connectivity index (χ3v) is 5.16. The summed E-state index contributed by atoms with van der Waals surface area (Å²) >= 11 is 2.00. The molecule has 102 valence electrons. The molecule has 0 aromatic rings. The van der Waals surface area contributed by atoms with Crippen molar-refractivity contribution in [3.05, 3.63) is 12.2 Å². The molecule has 2 heterocycles. The maximum atomic E-state index is 11.7. The molecular formula is C13H22N2O2S. The summed E-state index contributed by atoms with van der Waals surface area (Å²) in [5, 5.41) is 3.51. The van der Waals surface area contributed by atoms with Crippen LogP contribution in [0.15, 0.2) is 12.2 Å². The van der Waals surface area contributed by atoms with Gasteiger partial charge in [0.05, 0.1) is 11.4 Å². The summed E-state index contributed by atoms with van der Waals surface area (Å²) in [6.07, 6.45) is 1.15. The topological polar surface area (TPSA) is 41.6 Å². The molecule has 18 heavy (non-hydrogen) atoms. The second-order valence-electron chi connectivity index (χ2n) is 5.28. The van der Waals surface area contributed by atoms with E-state index in [1.54, 1.807) is 14.0 Å². The van der Waals surface area contributed by atoms with Crippen molar-refractivity contribution in [2.45, 2.75) is 24.1 Å². The molecular weight excluding hydrogens is 248 g/mol. The van der Waals surface area contributed by atoms with Crippen LogP contribution >= 0.6 is 11.8 Å². The predicted molar refractivity (Wildman–Crippen MR) is 74.9 cm³/mol. The predicted octanol–water partition coefficient (Wildman–Crippen LogP) is 0.885. The number of hydrogen-bond acceptors (Lipinski definition) is 4. The molecule has 1 unspecified atom stereocenters. The molecule has 5 heteroatoms. The first-order valence-corrected chi connectivity index (χ1v) is 7.36. The molecule has 0 aliphatic carbocycles. The average Bonchev–Trinajstić information content (AvgIpc) is 2.71. The quantitative estimate of drug-likeness (QED) is 0.595. The Morgan fingerprint density at radius 3 is 2.94 bits per heavy atom. The lowest BCUT2D eigenvalue weighted by Crippen LogP contribution is -2.61. The van der Waals surface area contributed by atoms with Gasteiger partial charge in [-0.3, -0.25) is 4.79 Å². The van der Waals surface area contributed by atoms with Crippen molar-refractivity contribution in [1.82, 2.24) is 10.2 Å². The van der Waals surface area contributed by atoms with Gasteiger partial charge in [0.1, 0.15) is 0 Å². The van der Waals surface area contributed by atoms with E-state index < -0.39 is 0 Å². The molecule has 2 aliphatic heterocycles. The van der Waals surface area contributed by atoms with Gasteiger partial charge in [-0.1, -0.05) is 6.58 Å². The minimum Gasteiger partial charge on any atom is -0.383 e. The highest BCUT2D eigenvalue weighted by atomic mass is 32.2. The van der Waals surface area contributed by atoms with Gasteiger partial charge in [-0.25, -0.2) is 0 Å². The SMILES string of the molecule is C=C(C)C(=O)N1CC2(CC(NCCOC)CS2)C1. The van der Waals surface area contributed by atoms with Crippen LogP contribution < -0.4 is 5.32 Å². The number of amides is 1. The van der Waals surface area contributed by atoms with Gasteiger partial charge in [0.15, 0.2) is 0 Å². The number of rotatable bonds is 5. The van der Waals surface area contributed by atoms with Gasteiger partial charge in [0, 0.05) is 44.1 Å². The van der Waals surface area contributed by atoms with Crippen LogP contribution in [-0.4, -0.2) is 60.7 Å². The minimum absolute atomic E-state index is 0.108. The van der Waals surface area contributed by atoms with Crippen LogP contribution in [0.4, 0.5) is 0 Å². The highest BCUT2D eigenvalue weighted by Gasteiger charge is 2.50. The number of methoxy groups -OCH3 is 1. The van der Waals surface area contributed by atoms with Gasteiger partial charge in [-0.2, -0.15) is 0 Å². The van der Waals surface area contributed by atoms with Gasteiger partial charge in [-0.05, 0) is 13.3 Å². The van der Waals surface area contributed by atoms with Crippen LogP contribution in [0.25, 0.3) is 0 Å². The molecule has 1 atom stereocenters. The van der Waals surface area contributed by atoms with Crippen molar-refractivity contribution in [1.29, 1.82) is 0 Å². The average molecular weight is 270 g/mol. The molecule has 4 nitrogen and oxygen atoms in total. The van der Waals surface area contributed by atoms with E-state index in [9.17, 15) is 4.79 Å². The van der Waals surface area contributed by atoms with Crippen molar-refractivity contribution in [2.75, 3.05) is 39.1 Å². The van der Waals surface area contributed by atoms with Crippen molar-refractivity contribution < 1.29 is 9.53 Å². The lowest BCUT2D eigenvalue weighted by molar-refractivity contribution is -0.132. The maximum absolute atomic E-state index is 11.7. The Morgan fingerprint density at radius 2 is 2.33 bits per heavy atom.